The molecule has 0 spiro atoms. The number of hydrogen-bond donors (Lipinski definition) is 1. The summed E-state index contributed by atoms with van der Waals surface area (Å²) in [5, 5.41) is 12.7. The van der Waals surface area contributed by atoms with E-state index in [1.165, 1.54) is 12.8 Å². The Balaban J connectivity index is 0.00000208. The lowest BCUT2D eigenvalue weighted by Crippen LogP contribution is -2.33. The molecule has 1 saturated carbocycles. The topological polar surface area (TPSA) is 68.5 Å². The molecular weight excluding hydrogens is 344 g/mol. The summed E-state index contributed by atoms with van der Waals surface area (Å²) < 4.78 is 0. The van der Waals surface area contributed by atoms with Crippen LogP contribution < -0.4 is 5.32 Å². The average molecular weight is 365 g/mol. The summed E-state index contributed by atoms with van der Waals surface area (Å²) in [6.07, 6.45) is 3.25. The highest BCUT2D eigenvalue weighted by Crippen LogP contribution is 2.30. The number of carbonyl (C=O) groups excluding carboxylic acids is 1. The first kappa shape index (κ1) is 18.6. The number of amides is 1. The number of anilines is 1. The minimum absolute atomic E-state index is 0. The quantitative estimate of drug-likeness (QED) is 0.871. The number of aliphatic imine (C=N–C) groups is 1. The molecule has 1 unspecified atom stereocenters. The summed E-state index contributed by atoms with van der Waals surface area (Å²) in [7, 11) is 2.02. The standard InChI is InChI=1S/C17H20N4OS.ClH/c1-21-15(11-23-17(21)20-14-6-7-14)10-16(22)19-13-4-2-12(3-5-13)8-9-18;/h2-5,14-15H,6-8,10-11H2,1H3,(H,19,22);1H. The van der Waals surface area contributed by atoms with Gasteiger partial charge >= 0.3 is 0 Å². The number of hydrogen-bond acceptors (Lipinski definition) is 4. The van der Waals surface area contributed by atoms with Crippen LogP contribution in [-0.4, -0.2) is 40.9 Å². The van der Waals surface area contributed by atoms with Crippen molar-refractivity contribution in [2.45, 2.75) is 37.8 Å². The molecule has 0 aromatic heterocycles. The maximum atomic E-state index is 12.2. The highest BCUT2D eigenvalue weighted by molar-refractivity contribution is 8.14. The lowest BCUT2D eigenvalue weighted by Gasteiger charge is -2.20. The molecule has 1 aliphatic heterocycles. The number of nitriles is 1. The van der Waals surface area contributed by atoms with Crippen molar-refractivity contribution in [3.63, 3.8) is 0 Å². The van der Waals surface area contributed by atoms with Crippen LogP contribution >= 0.6 is 24.2 Å². The minimum Gasteiger partial charge on any atom is -0.350 e. The normalized spacial score (nSPS) is 21.2. The number of rotatable bonds is 5. The Labute approximate surface area is 152 Å². The number of benzene rings is 1. The zero-order valence-electron chi connectivity index (χ0n) is 13.6. The van der Waals surface area contributed by atoms with Crippen molar-refractivity contribution >= 4 is 40.9 Å². The Morgan fingerprint density at radius 2 is 2.12 bits per heavy atom. The van der Waals surface area contributed by atoms with Crippen molar-refractivity contribution in [1.29, 1.82) is 5.26 Å². The van der Waals surface area contributed by atoms with Crippen LogP contribution in [0.5, 0.6) is 0 Å². The van der Waals surface area contributed by atoms with E-state index in [1.54, 1.807) is 11.8 Å². The molecule has 1 aliphatic carbocycles. The Morgan fingerprint density at radius 3 is 2.75 bits per heavy atom. The molecule has 1 aromatic rings. The summed E-state index contributed by atoms with van der Waals surface area (Å²) in [5.41, 5.74) is 1.73. The van der Waals surface area contributed by atoms with E-state index in [0.717, 1.165) is 22.2 Å². The van der Waals surface area contributed by atoms with Gasteiger partial charge < -0.3 is 10.2 Å². The minimum atomic E-state index is 0. The second-order valence-electron chi connectivity index (χ2n) is 6.00. The maximum Gasteiger partial charge on any atom is 0.226 e. The second-order valence-corrected chi connectivity index (χ2v) is 6.99. The number of halogens is 1. The van der Waals surface area contributed by atoms with Gasteiger partial charge in [-0.05, 0) is 30.5 Å². The van der Waals surface area contributed by atoms with Gasteiger partial charge in [-0.1, -0.05) is 23.9 Å². The summed E-state index contributed by atoms with van der Waals surface area (Å²) in [6, 6.07) is 10.3. The second kappa shape index (κ2) is 8.41. The van der Waals surface area contributed by atoms with Gasteiger partial charge in [-0.25, -0.2) is 0 Å². The van der Waals surface area contributed by atoms with E-state index in [1.807, 2.05) is 31.3 Å². The van der Waals surface area contributed by atoms with Gasteiger partial charge in [-0.15, -0.1) is 12.4 Å². The molecule has 1 N–H and O–H groups in total. The first-order valence-corrected chi connectivity index (χ1v) is 8.83. The van der Waals surface area contributed by atoms with Crippen molar-refractivity contribution < 1.29 is 4.79 Å². The first-order chi connectivity index (χ1) is 11.2. The van der Waals surface area contributed by atoms with Crippen molar-refractivity contribution in [1.82, 2.24) is 4.90 Å². The zero-order chi connectivity index (χ0) is 16.2. The number of thioether (sulfide) groups is 1. The predicted molar refractivity (Wildman–Crippen MR) is 101 cm³/mol. The van der Waals surface area contributed by atoms with Crippen LogP contribution in [0.4, 0.5) is 5.69 Å². The van der Waals surface area contributed by atoms with E-state index in [-0.39, 0.29) is 24.4 Å². The van der Waals surface area contributed by atoms with Crippen LogP contribution in [-0.2, 0) is 11.2 Å². The molecule has 1 amide bonds. The Bertz CT molecular complexity index is 652. The molecule has 2 fully saturated rings. The zero-order valence-corrected chi connectivity index (χ0v) is 15.2. The number of nitrogens with one attached hydrogen (secondary N) is 1. The Morgan fingerprint density at radius 1 is 1.42 bits per heavy atom. The van der Waals surface area contributed by atoms with Crippen molar-refractivity contribution in [2.24, 2.45) is 4.99 Å². The highest BCUT2D eigenvalue weighted by Gasteiger charge is 2.31. The van der Waals surface area contributed by atoms with Gasteiger partial charge in [0.05, 0.1) is 18.5 Å². The third-order valence-electron chi connectivity index (χ3n) is 4.04. The van der Waals surface area contributed by atoms with E-state index in [2.05, 4.69) is 21.3 Å². The molecular formula is C17H21ClN4OS. The van der Waals surface area contributed by atoms with Crippen LogP contribution in [0.15, 0.2) is 29.3 Å². The SMILES string of the molecule is CN1C(=NC2CC2)SCC1CC(=O)Nc1ccc(CC#N)cc1.Cl. The molecule has 1 heterocycles. The third kappa shape index (κ3) is 4.89. The highest BCUT2D eigenvalue weighted by atomic mass is 35.5. The third-order valence-corrected chi connectivity index (χ3v) is 5.24. The lowest BCUT2D eigenvalue weighted by atomic mass is 10.1. The van der Waals surface area contributed by atoms with Gasteiger partial charge in [-0.3, -0.25) is 9.79 Å². The Hall–Kier alpha value is -1.71. The van der Waals surface area contributed by atoms with Gasteiger partial charge in [0.2, 0.25) is 5.91 Å². The van der Waals surface area contributed by atoms with Crippen LogP contribution in [0, 0.1) is 11.3 Å². The molecule has 3 rings (SSSR count). The van der Waals surface area contributed by atoms with E-state index in [4.69, 9.17) is 5.26 Å². The molecule has 7 heteroatoms. The molecule has 128 valence electrons. The monoisotopic (exact) mass is 364 g/mol. The van der Waals surface area contributed by atoms with Gasteiger partial charge in [0.25, 0.3) is 0 Å². The van der Waals surface area contributed by atoms with Crippen molar-refractivity contribution in [3.05, 3.63) is 29.8 Å². The predicted octanol–water partition coefficient (Wildman–Crippen LogP) is 3.07. The molecule has 1 saturated heterocycles. The lowest BCUT2D eigenvalue weighted by molar-refractivity contribution is -0.116. The molecule has 24 heavy (non-hydrogen) atoms. The summed E-state index contributed by atoms with van der Waals surface area (Å²) in [6.45, 7) is 0. The Kier molecular flexibility index (Phi) is 6.52. The maximum absolute atomic E-state index is 12.2. The molecule has 1 aromatic carbocycles. The van der Waals surface area contributed by atoms with Gasteiger partial charge in [0, 0.05) is 31.0 Å². The van der Waals surface area contributed by atoms with E-state index < -0.39 is 0 Å². The fourth-order valence-corrected chi connectivity index (χ4v) is 3.71. The number of nitrogens with zero attached hydrogens (tertiary/aromatic N) is 3. The van der Waals surface area contributed by atoms with Crippen molar-refractivity contribution in [2.75, 3.05) is 18.1 Å². The van der Waals surface area contributed by atoms with Gasteiger partial charge in [0.1, 0.15) is 0 Å². The van der Waals surface area contributed by atoms with E-state index in [0.29, 0.717) is 18.9 Å². The number of amidine groups is 1. The van der Waals surface area contributed by atoms with Crippen LogP contribution in [0.3, 0.4) is 0 Å². The average Bonchev–Trinajstić information content (AvgIpc) is 3.29. The van der Waals surface area contributed by atoms with Crippen molar-refractivity contribution in [3.8, 4) is 6.07 Å². The molecule has 5 nitrogen and oxygen atoms in total. The van der Waals surface area contributed by atoms with E-state index in [9.17, 15) is 4.79 Å². The first-order valence-electron chi connectivity index (χ1n) is 7.85. The smallest absolute Gasteiger partial charge is 0.226 e. The fourth-order valence-electron chi connectivity index (χ4n) is 2.45. The van der Waals surface area contributed by atoms with E-state index >= 15 is 0 Å². The molecule has 0 bridgehead atoms. The van der Waals surface area contributed by atoms with Crippen LogP contribution in [0.1, 0.15) is 24.8 Å². The largest absolute Gasteiger partial charge is 0.350 e. The summed E-state index contributed by atoms with van der Waals surface area (Å²) >= 11 is 1.75. The van der Waals surface area contributed by atoms with Gasteiger partial charge in [0.15, 0.2) is 5.17 Å². The van der Waals surface area contributed by atoms with Crippen LogP contribution in [0.2, 0.25) is 0 Å². The number of carbonyl (C=O) groups is 1. The summed E-state index contributed by atoms with van der Waals surface area (Å²) in [4.78, 5) is 19.0. The fraction of sp³-hybridized carbons (Fsp3) is 0.471. The van der Waals surface area contributed by atoms with Crippen LogP contribution in [0.25, 0.3) is 0 Å². The molecule has 2 aliphatic rings. The molecule has 1 atom stereocenters. The molecule has 0 radical (unpaired) electrons. The van der Waals surface area contributed by atoms with Gasteiger partial charge in [-0.2, -0.15) is 5.26 Å². The summed E-state index contributed by atoms with van der Waals surface area (Å²) in [5.74, 6) is 0.930.